The zero-order chi connectivity index (χ0) is 20.5. The highest BCUT2D eigenvalue weighted by Crippen LogP contribution is 2.14. The summed E-state index contributed by atoms with van der Waals surface area (Å²) in [5.74, 6) is 1.22. The molecule has 8 heteroatoms. The molecule has 0 aliphatic carbocycles. The van der Waals surface area contributed by atoms with Crippen LogP contribution in [0.5, 0.6) is 0 Å². The van der Waals surface area contributed by atoms with Crippen LogP contribution in [-0.4, -0.2) is 97.4 Å². The average molecular weight is 395 g/mol. The summed E-state index contributed by atoms with van der Waals surface area (Å²) in [5, 5.41) is 6.25. The number of piperazine rings is 1. The van der Waals surface area contributed by atoms with Crippen LogP contribution in [-0.2, 0) is 9.59 Å². The molecule has 1 atom stereocenters. The summed E-state index contributed by atoms with van der Waals surface area (Å²) in [6.45, 7) is 15.0. The smallest absolute Gasteiger partial charge is 0.239 e. The van der Waals surface area contributed by atoms with Crippen molar-refractivity contribution < 1.29 is 9.59 Å². The van der Waals surface area contributed by atoms with Gasteiger partial charge in [-0.15, -0.1) is 0 Å². The van der Waals surface area contributed by atoms with Gasteiger partial charge in [0.25, 0.3) is 0 Å². The molecule has 2 aliphatic rings. The Hall–Kier alpha value is -1.83. The first-order valence-electron chi connectivity index (χ1n) is 10.8. The van der Waals surface area contributed by atoms with E-state index in [1.165, 1.54) is 0 Å². The molecule has 0 bridgehead atoms. The van der Waals surface area contributed by atoms with Gasteiger partial charge in [0.2, 0.25) is 11.8 Å². The van der Waals surface area contributed by atoms with Gasteiger partial charge in [-0.1, -0.05) is 13.8 Å². The number of carbonyl (C=O) groups excluding carboxylic acids is 2. The summed E-state index contributed by atoms with van der Waals surface area (Å²) in [7, 11) is 0. The normalized spacial score (nSPS) is 19.8. The van der Waals surface area contributed by atoms with Crippen LogP contribution in [0.25, 0.3) is 0 Å². The lowest BCUT2D eigenvalue weighted by molar-refractivity contribution is -0.135. The first-order valence-corrected chi connectivity index (χ1v) is 10.8. The van der Waals surface area contributed by atoms with E-state index in [0.29, 0.717) is 13.1 Å². The second-order valence-electron chi connectivity index (χ2n) is 7.91. The second kappa shape index (κ2) is 11.2. The van der Waals surface area contributed by atoms with E-state index in [4.69, 9.17) is 0 Å². The molecular formula is C20H38N6O2. The number of carbonyl (C=O) groups is 2. The zero-order valence-corrected chi connectivity index (χ0v) is 18.0. The quantitative estimate of drug-likeness (QED) is 0.370. The molecule has 2 N–H and O–H groups in total. The highest BCUT2D eigenvalue weighted by Gasteiger charge is 2.30. The summed E-state index contributed by atoms with van der Waals surface area (Å²) in [6.07, 6.45) is 2.26. The van der Waals surface area contributed by atoms with E-state index in [2.05, 4.69) is 32.3 Å². The number of aliphatic imine (C=N–C) groups is 1. The average Bonchev–Trinajstić information content (AvgIpc) is 3.24. The monoisotopic (exact) mass is 394 g/mol. The van der Waals surface area contributed by atoms with Gasteiger partial charge in [-0.05, 0) is 26.7 Å². The van der Waals surface area contributed by atoms with Gasteiger partial charge in [-0.2, -0.15) is 0 Å². The maximum atomic E-state index is 12.6. The van der Waals surface area contributed by atoms with E-state index >= 15 is 0 Å². The molecular weight excluding hydrogens is 356 g/mol. The van der Waals surface area contributed by atoms with Crippen molar-refractivity contribution in [1.29, 1.82) is 0 Å². The number of hydrogen-bond donors (Lipinski definition) is 2. The minimum atomic E-state index is -0.0500. The maximum absolute atomic E-state index is 12.6. The van der Waals surface area contributed by atoms with Crippen LogP contribution < -0.4 is 10.6 Å². The van der Waals surface area contributed by atoms with Gasteiger partial charge < -0.3 is 20.4 Å². The molecule has 0 saturated carbocycles. The molecule has 2 aliphatic heterocycles. The Bertz CT molecular complexity index is 537. The molecule has 2 amide bonds. The van der Waals surface area contributed by atoms with Crippen molar-refractivity contribution in [3.05, 3.63) is 0 Å². The Morgan fingerprint density at radius 3 is 2.14 bits per heavy atom. The number of hydrogen-bond acceptors (Lipinski definition) is 4. The van der Waals surface area contributed by atoms with Gasteiger partial charge >= 0.3 is 0 Å². The van der Waals surface area contributed by atoms with Crippen LogP contribution in [0.15, 0.2) is 4.99 Å². The lowest BCUT2D eigenvalue weighted by Crippen LogP contribution is -2.57. The number of guanidine groups is 1. The molecule has 8 nitrogen and oxygen atoms in total. The molecule has 0 spiro atoms. The standard InChI is InChI=1S/C20H38N6O2/c1-5-21-20(23-9-8-22-18(27)16(2)3)26-14-12-24(13-15-26)17(4)19(28)25-10-6-7-11-25/h16-17H,5-15H2,1-4H3,(H,21,23)(H,22,27). The Balaban J connectivity index is 1.81. The maximum Gasteiger partial charge on any atom is 0.239 e. The van der Waals surface area contributed by atoms with Gasteiger partial charge in [-0.25, -0.2) is 0 Å². The van der Waals surface area contributed by atoms with Gasteiger partial charge in [0, 0.05) is 58.3 Å². The lowest BCUT2D eigenvalue weighted by atomic mass is 10.2. The molecule has 0 aromatic heterocycles. The van der Waals surface area contributed by atoms with Crippen LogP contribution >= 0.6 is 0 Å². The SMILES string of the molecule is CCNC(=NCCNC(=O)C(C)C)N1CCN(C(C)C(=O)N2CCCC2)CC1. The predicted octanol–water partition coefficient (Wildman–Crippen LogP) is 0.353. The molecule has 0 aromatic rings. The van der Waals surface area contributed by atoms with Crippen molar-refractivity contribution in [2.45, 2.75) is 46.6 Å². The minimum Gasteiger partial charge on any atom is -0.357 e. The third-order valence-corrected chi connectivity index (χ3v) is 5.47. The van der Waals surface area contributed by atoms with Crippen molar-refractivity contribution in [3.63, 3.8) is 0 Å². The van der Waals surface area contributed by atoms with E-state index in [1.54, 1.807) is 0 Å². The van der Waals surface area contributed by atoms with Crippen LogP contribution in [0.1, 0.15) is 40.5 Å². The molecule has 1 unspecified atom stereocenters. The topological polar surface area (TPSA) is 80.3 Å². The predicted molar refractivity (Wildman–Crippen MR) is 112 cm³/mol. The van der Waals surface area contributed by atoms with Crippen molar-refractivity contribution >= 4 is 17.8 Å². The molecule has 2 saturated heterocycles. The third kappa shape index (κ3) is 6.36. The summed E-state index contributed by atoms with van der Waals surface area (Å²) >= 11 is 0. The van der Waals surface area contributed by atoms with E-state index in [9.17, 15) is 9.59 Å². The van der Waals surface area contributed by atoms with Crippen molar-refractivity contribution in [2.24, 2.45) is 10.9 Å². The Morgan fingerprint density at radius 1 is 0.929 bits per heavy atom. The summed E-state index contributed by atoms with van der Waals surface area (Å²) in [6, 6.07) is -0.0500. The van der Waals surface area contributed by atoms with Gasteiger partial charge in [0.05, 0.1) is 12.6 Å². The molecule has 2 heterocycles. The Kier molecular flexibility index (Phi) is 9.02. The van der Waals surface area contributed by atoms with Crippen molar-refractivity contribution in [1.82, 2.24) is 25.3 Å². The Labute approximate surface area is 169 Å². The van der Waals surface area contributed by atoms with Crippen molar-refractivity contribution in [2.75, 3.05) is 58.9 Å². The molecule has 2 rings (SSSR count). The van der Waals surface area contributed by atoms with E-state index < -0.39 is 0 Å². The summed E-state index contributed by atoms with van der Waals surface area (Å²) in [4.78, 5) is 35.5. The Morgan fingerprint density at radius 2 is 1.57 bits per heavy atom. The van der Waals surface area contributed by atoms with Crippen LogP contribution in [0.4, 0.5) is 0 Å². The fraction of sp³-hybridized carbons (Fsp3) is 0.850. The highest BCUT2D eigenvalue weighted by molar-refractivity contribution is 5.82. The molecule has 160 valence electrons. The van der Waals surface area contributed by atoms with Crippen molar-refractivity contribution in [3.8, 4) is 0 Å². The van der Waals surface area contributed by atoms with Crippen LogP contribution in [0.3, 0.4) is 0 Å². The summed E-state index contributed by atoms with van der Waals surface area (Å²) < 4.78 is 0. The zero-order valence-electron chi connectivity index (χ0n) is 18.0. The van der Waals surface area contributed by atoms with Gasteiger partial charge in [0.15, 0.2) is 5.96 Å². The number of nitrogens with zero attached hydrogens (tertiary/aromatic N) is 4. The van der Waals surface area contributed by atoms with Gasteiger partial charge in [-0.3, -0.25) is 19.5 Å². The molecule has 28 heavy (non-hydrogen) atoms. The van der Waals surface area contributed by atoms with Crippen LogP contribution in [0.2, 0.25) is 0 Å². The molecule has 2 fully saturated rings. The fourth-order valence-corrected chi connectivity index (χ4v) is 3.65. The first kappa shape index (κ1) is 22.5. The lowest BCUT2D eigenvalue weighted by Gasteiger charge is -2.39. The third-order valence-electron chi connectivity index (χ3n) is 5.47. The van der Waals surface area contributed by atoms with Crippen LogP contribution in [0, 0.1) is 5.92 Å². The van der Waals surface area contributed by atoms with E-state index in [0.717, 1.165) is 64.6 Å². The fourth-order valence-electron chi connectivity index (χ4n) is 3.65. The number of rotatable bonds is 7. The largest absolute Gasteiger partial charge is 0.357 e. The molecule has 0 aromatic carbocycles. The second-order valence-corrected chi connectivity index (χ2v) is 7.91. The van der Waals surface area contributed by atoms with E-state index in [1.807, 2.05) is 25.7 Å². The van der Waals surface area contributed by atoms with E-state index in [-0.39, 0.29) is 23.8 Å². The highest BCUT2D eigenvalue weighted by atomic mass is 16.2. The molecule has 0 radical (unpaired) electrons. The summed E-state index contributed by atoms with van der Waals surface area (Å²) in [5.41, 5.74) is 0. The number of amides is 2. The van der Waals surface area contributed by atoms with Gasteiger partial charge in [0.1, 0.15) is 0 Å². The number of nitrogens with one attached hydrogen (secondary N) is 2. The number of likely N-dealkylation sites (tertiary alicyclic amines) is 1. The minimum absolute atomic E-state index is 0.00412. The first-order chi connectivity index (χ1) is 13.4.